The molecule has 3 aliphatic rings. The predicted molar refractivity (Wildman–Crippen MR) is 126 cm³/mol. The first kappa shape index (κ1) is 23.6. The van der Waals surface area contributed by atoms with Gasteiger partial charge in [-0.1, -0.05) is 0 Å². The van der Waals surface area contributed by atoms with Crippen molar-refractivity contribution in [2.24, 2.45) is 4.99 Å². The van der Waals surface area contributed by atoms with Crippen molar-refractivity contribution in [1.29, 1.82) is 0 Å². The smallest absolute Gasteiger partial charge is 0.333 e. The van der Waals surface area contributed by atoms with E-state index in [1.54, 1.807) is 0 Å². The number of carbonyl (C=O) groups is 3. The highest BCUT2D eigenvalue weighted by Crippen LogP contribution is 2.36. The zero-order valence-electron chi connectivity index (χ0n) is 20.1. The van der Waals surface area contributed by atoms with Crippen LogP contribution >= 0.6 is 0 Å². The van der Waals surface area contributed by atoms with E-state index in [9.17, 15) is 14.4 Å². The first-order valence-corrected chi connectivity index (χ1v) is 11.7. The van der Waals surface area contributed by atoms with E-state index in [0.29, 0.717) is 23.8 Å². The summed E-state index contributed by atoms with van der Waals surface area (Å²) in [6, 6.07) is 8.11. The maximum atomic E-state index is 12.5. The third-order valence-electron chi connectivity index (χ3n) is 6.07. The Labute approximate surface area is 197 Å². The van der Waals surface area contributed by atoms with E-state index in [-0.39, 0.29) is 19.3 Å². The Morgan fingerprint density at radius 2 is 1.82 bits per heavy atom. The van der Waals surface area contributed by atoms with Gasteiger partial charge in [0.25, 0.3) is 11.8 Å². The number of carbonyl (C=O) groups excluding carboxylic acids is 3. The van der Waals surface area contributed by atoms with E-state index in [4.69, 9.17) is 9.25 Å². The van der Waals surface area contributed by atoms with Crippen LogP contribution in [0.2, 0.25) is 0 Å². The van der Waals surface area contributed by atoms with E-state index in [1.807, 2.05) is 32.0 Å². The summed E-state index contributed by atoms with van der Waals surface area (Å²) in [5, 5.41) is 4.56. The second-order valence-electron chi connectivity index (χ2n) is 8.55. The number of quaternary nitrogens is 1. The molecule has 8 nitrogen and oxygen atoms in total. The van der Waals surface area contributed by atoms with Gasteiger partial charge in [-0.2, -0.15) is 0 Å². The number of rotatable bonds is 7. The molecule has 0 atom stereocenters. The van der Waals surface area contributed by atoms with Crippen LogP contribution in [0.3, 0.4) is 0 Å². The standard InChI is InChI=1S/C26H29N3O5/c1-5-27-20-13-22-18(11-15(20)3)17(7-10-26(32)34-29-24(30)8-9-25(29)31)19-12-16(4)21(28-6-2)14-23(19)33-22/h11-14,27H,5-10H2,1-4H3/p+1. The predicted octanol–water partition coefficient (Wildman–Crippen LogP) is 2.83. The number of hydrogen-bond donors (Lipinski definition) is 1. The number of imide groups is 1. The molecule has 0 saturated carbocycles. The normalized spacial score (nSPS) is 14.6. The van der Waals surface area contributed by atoms with Gasteiger partial charge in [0, 0.05) is 48.0 Å². The van der Waals surface area contributed by atoms with Crippen LogP contribution in [0.1, 0.15) is 49.8 Å². The number of amides is 2. The first-order chi connectivity index (χ1) is 16.3. The molecular weight excluding hydrogens is 434 g/mol. The monoisotopic (exact) mass is 464 g/mol. The Balaban J connectivity index is 1.77. The van der Waals surface area contributed by atoms with Crippen molar-refractivity contribution in [2.75, 3.05) is 13.1 Å². The molecule has 1 fully saturated rings. The molecule has 1 saturated heterocycles. The molecule has 0 spiro atoms. The van der Waals surface area contributed by atoms with Gasteiger partial charge in [0.05, 0.1) is 18.3 Å². The van der Waals surface area contributed by atoms with E-state index in [1.165, 1.54) is 0 Å². The minimum atomic E-state index is -0.618. The molecule has 2 amide bonds. The Hall–Kier alpha value is -3.52. The van der Waals surface area contributed by atoms with Crippen LogP contribution in [-0.4, -0.2) is 35.9 Å². The molecule has 4 rings (SSSR count). The van der Waals surface area contributed by atoms with Gasteiger partial charge in [0.2, 0.25) is 0 Å². The summed E-state index contributed by atoms with van der Waals surface area (Å²) in [5.74, 6) is -0.880. The molecule has 34 heavy (non-hydrogen) atoms. The average molecular weight is 465 g/mol. The minimum absolute atomic E-state index is 0.0211. The highest BCUT2D eigenvalue weighted by atomic mass is 16.7. The Bertz CT molecular complexity index is 1310. The lowest BCUT2D eigenvalue weighted by molar-refractivity contribution is -0.568. The Morgan fingerprint density at radius 3 is 2.50 bits per heavy atom. The minimum Gasteiger partial charge on any atom is -0.456 e. The van der Waals surface area contributed by atoms with Gasteiger partial charge in [-0.25, -0.2) is 4.79 Å². The van der Waals surface area contributed by atoms with Gasteiger partial charge < -0.3 is 14.6 Å². The average Bonchev–Trinajstić information content (AvgIpc) is 3.11. The van der Waals surface area contributed by atoms with Crippen molar-refractivity contribution in [3.05, 3.63) is 46.3 Å². The van der Waals surface area contributed by atoms with Gasteiger partial charge in [-0.15, -0.1) is 5.06 Å². The molecule has 1 aliphatic carbocycles. The highest BCUT2D eigenvalue weighted by Gasteiger charge is 2.33. The van der Waals surface area contributed by atoms with Gasteiger partial charge >= 0.3 is 5.97 Å². The number of aryl methyl sites for hydroxylation is 3. The molecule has 0 unspecified atom stereocenters. The second-order valence-corrected chi connectivity index (χ2v) is 8.55. The van der Waals surface area contributed by atoms with Crippen molar-refractivity contribution in [1.82, 2.24) is 5.06 Å². The van der Waals surface area contributed by atoms with Crippen molar-refractivity contribution in [3.8, 4) is 11.3 Å². The summed E-state index contributed by atoms with van der Waals surface area (Å²) in [6.07, 6.45) is 0.538. The fourth-order valence-corrected chi connectivity index (χ4v) is 4.37. The quantitative estimate of drug-likeness (QED) is 0.329. The molecule has 1 aromatic rings. The topological polar surface area (TPSA) is 106 Å². The molecule has 1 aromatic carbocycles. The molecule has 0 aromatic heterocycles. The summed E-state index contributed by atoms with van der Waals surface area (Å²) in [6.45, 7) is 9.72. The fraction of sp³-hybridized carbons (Fsp3) is 0.385. The molecule has 178 valence electrons. The van der Waals surface area contributed by atoms with Gasteiger partial charge in [0.1, 0.15) is 17.0 Å². The molecule has 0 bridgehead atoms. The summed E-state index contributed by atoms with van der Waals surface area (Å²) in [7, 11) is 0. The number of nitrogens with two attached hydrogens (primary N) is 1. The highest BCUT2D eigenvalue weighted by molar-refractivity contribution is 6.01. The summed E-state index contributed by atoms with van der Waals surface area (Å²) in [4.78, 5) is 45.8. The maximum Gasteiger partial charge on any atom is 0.333 e. The van der Waals surface area contributed by atoms with Crippen LogP contribution in [0.25, 0.3) is 22.3 Å². The number of fused-ring (bicyclic) bond motifs is 2. The third-order valence-corrected chi connectivity index (χ3v) is 6.07. The molecule has 2 heterocycles. The van der Waals surface area contributed by atoms with E-state index in [0.717, 1.165) is 50.8 Å². The Morgan fingerprint density at radius 1 is 1.09 bits per heavy atom. The van der Waals surface area contributed by atoms with Crippen LogP contribution in [0.15, 0.2) is 33.7 Å². The lowest BCUT2D eigenvalue weighted by atomic mass is 9.93. The van der Waals surface area contributed by atoms with Crippen LogP contribution in [0.4, 0.5) is 5.69 Å². The van der Waals surface area contributed by atoms with E-state index < -0.39 is 17.8 Å². The van der Waals surface area contributed by atoms with E-state index >= 15 is 0 Å². The lowest BCUT2D eigenvalue weighted by Crippen LogP contribution is -2.77. The van der Waals surface area contributed by atoms with Crippen LogP contribution in [0.5, 0.6) is 0 Å². The van der Waals surface area contributed by atoms with Crippen LogP contribution in [-0.2, 0) is 25.6 Å². The molecule has 2 N–H and O–H groups in total. The number of hydrogen-bond acceptors (Lipinski definition) is 6. The fourth-order valence-electron chi connectivity index (χ4n) is 4.37. The van der Waals surface area contributed by atoms with Crippen molar-refractivity contribution >= 4 is 34.4 Å². The number of hydroxylamine groups is 2. The number of nitrogens with zero attached hydrogens (tertiary/aromatic N) is 2. The van der Waals surface area contributed by atoms with Gasteiger partial charge in [0.15, 0.2) is 0 Å². The zero-order valence-corrected chi connectivity index (χ0v) is 20.1. The SMILES string of the molecule is CCN=c1cc2oc3cc([NH2+]CC)c(C)cc3c(CCC(=O)ON3C(=O)CCC3=O)c-2cc1C. The maximum absolute atomic E-state index is 12.5. The van der Waals surface area contributed by atoms with E-state index in [2.05, 4.69) is 30.2 Å². The van der Waals surface area contributed by atoms with Crippen molar-refractivity contribution < 1.29 is 29.0 Å². The molecule has 0 radical (unpaired) electrons. The van der Waals surface area contributed by atoms with Gasteiger partial charge in [-0.05, 0) is 57.4 Å². The summed E-state index contributed by atoms with van der Waals surface area (Å²) < 4.78 is 6.32. The lowest BCUT2D eigenvalue weighted by Gasteiger charge is -2.17. The van der Waals surface area contributed by atoms with Gasteiger partial charge in [-0.3, -0.25) is 14.6 Å². The second kappa shape index (κ2) is 9.77. The summed E-state index contributed by atoms with van der Waals surface area (Å²) in [5.41, 5.74) is 5.86. The van der Waals surface area contributed by atoms with Crippen molar-refractivity contribution in [3.63, 3.8) is 0 Å². The molecule has 2 aliphatic heterocycles. The van der Waals surface area contributed by atoms with Crippen molar-refractivity contribution in [2.45, 2.75) is 53.4 Å². The third kappa shape index (κ3) is 4.59. The Kier molecular flexibility index (Phi) is 6.79. The zero-order chi connectivity index (χ0) is 24.4. The number of benzene rings is 2. The molecular formula is C26H30N3O5+. The molecule has 8 heteroatoms. The van der Waals surface area contributed by atoms with Crippen LogP contribution < -0.4 is 10.7 Å². The largest absolute Gasteiger partial charge is 0.456 e. The van der Waals surface area contributed by atoms with Crippen LogP contribution in [0, 0.1) is 13.8 Å². The summed E-state index contributed by atoms with van der Waals surface area (Å²) >= 11 is 0. The first-order valence-electron chi connectivity index (χ1n) is 11.7.